The fourth-order valence-electron chi connectivity index (χ4n) is 2.99. The van der Waals surface area contributed by atoms with Gasteiger partial charge in [0.2, 0.25) is 0 Å². The first-order valence-electron chi connectivity index (χ1n) is 7.64. The van der Waals surface area contributed by atoms with E-state index in [4.69, 9.17) is 9.47 Å². The summed E-state index contributed by atoms with van der Waals surface area (Å²) in [6, 6.07) is 0. The molecule has 1 atom stereocenters. The number of alkyl halides is 2. The molecule has 1 fully saturated rings. The van der Waals surface area contributed by atoms with Gasteiger partial charge in [0, 0.05) is 13.1 Å². The average molecular weight is 331 g/mol. The predicted octanol–water partition coefficient (Wildman–Crippen LogP) is 2.45. The lowest BCUT2D eigenvalue weighted by Gasteiger charge is -2.41. The van der Waals surface area contributed by atoms with Crippen LogP contribution in [-0.2, 0) is 16.1 Å². The molecule has 23 heavy (non-hydrogen) atoms. The van der Waals surface area contributed by atoms with E-state index < -0.39 is 18.1 Å². The zero-order valence-electron chi connectivity index (χ0n) is 13.9. The van der Waals surface area contributed by atoms with Crippen LogP contribution in [0.2, 0.25) is 0 Å². The Balaban J connectivity index is 2.21. The first-order valence-corrected chi connectivity index (χ1v) is 7.64. The molecule has 0 bridgehead atoms. The summed E-state index contributed by atoms with van der Waals surface area (Å²) < 4.78 is 38.6. The minimum Gasteiger partial charge on any atom is -0.462 e. The molecule has 0 N–H and O–H groups in total. The topological polar surface area (TPSA) is 56.6 Å². The van der Waals surface area contributed by atoms with E-state index in [1.54, 1.807) is 6.92 Å². The Labute approximate surface area is 134 Å². The summed E-state index contributed by atoms with van der Waals surface area (Å²) in [5.74, 6) is -0.773. The monoisotopic (exact) mass is 331 g/mol. The Kier molecular flexibility index (Phi) is 5.36. The first kappa shape index (κ1) is 17.8. The van der Waals surface area contributed by atoms with Crippen LogP contribution < -0.4 is 0 Å². The lowest BCUT2D eigenvalue weighted by molar-refractivity contribution is -0.136. The van der Waals surface area contributed by atoms with Gasteiger partial charge in [-0.15, -0.1) is 0 Å². The Morgan fingerprint density at radius 1 is 1.57 bits per heavy atom. The fraction of sp³-hybridized carbons (Fsp3) is 0.733. The van der Waals surface area contributed by atoms with Crippen LogP contribution in [0.25, 0.3) is 0 Å². The third-order valence-corrected chi connectivity index (χ3v) is 3.56. The maximum absolute atomic E-state index is 13.4. The van der Waals surface area contributed by atoms with E-state index in [1.807, 2.05) is 25.7 Å². The van der Waals surface area contributed by atoms with Crippen molar-refractivity contribution in [1.29, 1.82) is 0 Å². The summed E-state index contributed by atoms with van der Waals surface area (Å²) in [4.78, 5) is 13.8. The molecule has 1 unspecified atom stereocenters. The number of aromatic nitrogens is 2. The number of hydrogen-bond donors (Lipinski definition) is 0. The largest absolute Gasteiger partial charge is 0.462 e. The molecule has 2 rings (SSSR count). The number of nitrogens with zero attached hydrogens (tertiary/aromatic N) is 3. The highest BCUT2D eigenvalue weighted by molar-refractivity contribution is 5.90. The van der Waals surface area contributed by atoms with Crippen molar-refractivity contribution in [2.75, 3.05) is 19.7 Å². The molecule has 0 saturated carbocycles. The van der Waals surface area contributed by atoms with Crippen LogP contribution in [0.5, 0.6) is 0 Å². The number of hydrogen-bond acceptors (Lipinski definition) is 5. The van der Waals surface area contributed by atoms with Crippen LogP contribution in [0.1, 0.15) is 50.2 Å². The molecule has 0 aromatic carbocycles. The van der Waals surface area contributed by atoms with Crippen LogP contribution in [0.3, 0.4) is 0 Å². The van der Waals surface area contributed by atoms with Crippen LogP contribution in [0, 0.1) is 0 Å². The van der Waals surface area contributed by atoms with Gasteiger partial charge in [-0.1, -0.05) is 0 Å². The van der Waals surface area contributed by atoms with Crippen molar-refractivity contribution in [3.8, 4) is 0 Å². The quantitative estimate of drug-likeness (QED) is 0.776. The first-order chi connectivity index (χ1) is 10.7. The van der Waals surface area contributed by atoms with E-state index in [1.165, 1.54) is 4.68 Å². The Hall–Kier alpha value is -1.54. The summed E-state index contributed by atoms with van der Waals surface area (Å²) in [6.45, 7) is 8.98. The molecule has 0 radical (unpaired) electrons. The van der Waals surface area contributed by atoms with Gasteiger partial charge in [0.05, 0.1) is 31.2 Å². The molecule has 2 heterocycles. The Morgan fingerprint density at radius 3 is 2.83 bits per heavy atom. The van der Waals surface area contributed by atoms with E-state index in [0.29, 0.717) is 13.1 Å². The third-order valence-electron chi connectivity index (χ3n) is 3.56. The molecular weight excluding hydrogens is 308 g/mol. The molecule has 0 amide bonds. The minimum atomic E-state index is -2.80. The standard InChI is InChI=1S/C15H23F2N3O3/c1-5-22-14(21)11-6-18-20(12(11)13(16)17)9-19-7-10(2)23-15(3,4)8-19/h6,10,13H,5,7-9H2,1-4H3. The van der Waals surface area contributed by atoms with E-state index >= 15 is 0 Å². The molecule has 0 aliphatic carbocycles. The molecule has 1 aromatic heterocycles. The van der Waals surface area contributed by atoms with Crippen molar-refractivity contribution >= 4 is 5.97 Å². The van der Waals surface area contributed by atoms with Gasteiger partial charge in [-0.3, -0.25) is 4.90 Å². The molecule has 8 heteroatoms. The molecule has 1 saturated heterocycles. The molecule has 1 aromatic rings. The number of halogens is 2. The second kappa shape index (κ2) is 6.92. The zero-order valence-corrected chi connectivity index (χ0v) is 13.9. The van der Waals surface area contributed by atoms with Crippen molar-refractivity contribution in [2.24, 2.45) is 0 Å². The van der Waals surface area contributed by atoms with Gasteiger partial charge < -0.3 is 9.47 Å². The number of rotatable bonds is 5. The smallest absolute Gasteiger partial charge is 0.341 e. The lowest BCUT2D eigenvalue weighted by atomic mass is 10.1. The number of esters is 1. The van der Waals surface area contributed by atoms with Crippen molar-refractivity contribution in [1.82, 2.24) is 14.7 Å². The molecular formula is C15H23F2N3O3. The van der Waals surface area contributed by atoms with Crippen molar-refractivity contribution in [2.45, 2.75) is 52.5 Å². The highest BCUT2D eigenvalue weighted by Crippen LogP contribution is 2.26. The van der Waals surface area contributed by atoms with Gasteiger partial charge in [0.15, 0.2) is 0 Å². The molecule has 6 nitrogen and oxygen atoms in total. The molecule has 130 valence electrons. The zero-order chi connectivity index (χ0) is 17.2. The summed E-state index contributed by atoms with van der Waals surface area (Å²) in [5, 5.41) is 3.96. The number of ether oxygens (including phenoxy) is 2. The summed E-state index contributed by atoms with van der Waals surface area (Å²) in [5.41, 5.74) is -0.942. The van der Waals surface area contributed by atoms with Crippen molar-refractivity contribution in [3.05, 3.63) is 17.5 Å². The number of carbonyl (C=O) groups excluding carboxylic acids is 1. The van der Waals surface area contributed by atoms with Crippen LogP contribution >= 0.6 is 0 Å². The molecule has 1 aliphatic heterocycles. The van der Waals surface area contributed by atoms with Crippen LogP contribution in [0.15, 0.2) is 6.20 Å². The molecule has 1 aliphatic rings. The molecule has 0 spiro atoms. The minimum absolute atomic E-state index is 0.00570. The van der Waals surface area contributed by atoms with Crippen molar-refractivity contribution in [3.63, 3.8) is 0 Å². The maximum Gasteiger partial charge on any atom is 0.341 e. The van der Waals surface area contributed by atoms with E-state index in [2.05, 4.69) is 5.10 Å². The van der Waals surface area contributed by atoms with E-state index in [0.717, 1.165) is 6.20 Å². The van der Waals surface area contributed by atoms with Crippen molar-refractivity contribution < 1.29 is 23.0 Å². The second-order valence-electron chi connectivity index (χ2n) is 6.31. The van der Waals surface area contributed by atoms with Gasteiger partial charge in [-0.05, 0) is 27.7 Å². The van der Waals surface area contributed by atoms with Gasteiger partial charge in [-0.2, -0.15) is 5.10 Å². The fourth-order valence-corrected chi connectivity index (χ4v) is 2.99. The van der Waals surface area contributed by atoms with Crippen LogP contribution in [-0.4, -0.2) is 52.1 Å². The summed E-state index contributed by atoms with van der Waals surface area (Å²) >= 11 is 0. The summed E-state index contributed by atoms with van der Waals surface area (Å²) in [6.07, 6.45) is -1.66. The van der Waals surface area contributed by atoms with Gasteiger partial charge >= 0.3 is 5.97 Å². The average Bonchev–Trinajstić information content (AvgIpc) is 2.80. The number of carbonyl (C=O) groups is 1. The number of morpholine rings is 1. The highest BCUT2D eigenvalue weighted by Gasteiger charge is 2.33. The third kappa shape index (κ3) is 4.26. The maximum atomic E-state index is 13.4. The highest BCUT2D eigenvalue weighted by atomic mass is 19.3. The lowest BCUT2D eigenvalue weighted by Crippen LogP contribution is -2.52. The van der Waals surface area contributed by atoms with Gasteiger partial charge in [0.25, 0.3) is 6.43 Å². The van der Waals surface area contributed by atoms with E-state index in [9.17, 15) is 13.6 Å². The van der Waals surface area contributed by atoms with Gasteiger partial charge in [-0.25, -0.2) is 18.3 Å². The predicted molar refractivity (Wildman–Crippen MR) is 79.3 cm³/mol. The van der Waals surface area contributed by atoms with Crippen LogP contribution in [0.4, 0.5) is 8.78 Å². The summed E-state index contributed by atoms with van der Waals surface area (Å²) in [7, 11) is 0. The van der Waals surface area contributed by atoms with Gasteiger partial charge in [0.1, 0.15) is 11.3 Å². The normalized spacial score (nSPS) is 21.6. The van der Waals surface area contributed by atoms with E-state index in [-0.39, 0.29) is 30.5 Å². The second-order valence-corrected chi connectivity index (χ2v) is 6.31. The SMILES string of the molecule is CCOC(=O)c1cnn(CN2CC(C)OC(C)(C)C2)c1C(F)F. The Bertz CT molecular complexity index is 560. The Morgan fingerprint density at radius 2 is 2.26 bits per heavy atom.